The molecule has 0 spiro atoms. The molecule has 0 aromatic rings. The maximum absolute atomic E-state index is 12.0. The number of amides is 2. The van der Waals surface area contributed by atoms with E-state index < -0.39 is 30.1 Å². The molecule has 2 atom stereocenters. The third-order valence-corrected chi connectivity index (χ3v) is 8.17. The molecule has 0 radical (unpaired) electrons. The van der Waals surface area contributed by atoms with Gasteiger partial charge in [-0.15, -0.1) is 0 Å². The number of aliphatic carboxylic acids is 2. The molecule has 0 aromatic carbocycles. The Kier molecular flexibility index (Phi) is 32.1. The van der Waals surface area contributed by atoms with Crippen molar-refractivity contribution in [2.75, 3.05) is 39.5 Å². The first-order chi connectivity index (χ1) is 23.6. The minimum absolute atomic E-state index is 0.0276. The average Bonchev–Trinajstić information content (AvgIpc) is 3.05. The number of carbonyl (C=O) groups excluding carboxylic acids is 3. The molecule has 0 saturated heterocycles. The summed E-state index contributed by atoms with van der Waals surface area (Å²) >= 11 is 0. The lowest BCUT2D eigenvalue weighted by molar-refractivity contribution is -0.142. The fraction of sp³-hybridized carbons (Fsp3) is 0.861. The van der Waals surface area contributed by atoms with Gasteiger partial charge in [0.1, 0.15) is 18.1 Å². The van der Waals surface area contributed by atoms with Crippen LogP contribution in [0.3, 0.4) is 0 Å². The van der Waals surface area contributed by atoms with Gasteiger partial charge in [0.05, 0.1) is 26.4 Å². The van der Waals surface area contributed by atoms with Crippen LogP contribution in [0.25, 0.3) is 0 Å². The summed E-state index contributed by atoms with van der Waals surface area (Å²) in [6, 6.07) is -1.13. The second-order valence-corrected chi connectivity index (χ2v) is 12.8. The third kappa shape index (κ3) is 35.0. The number of carboxylic acid groups (broad SMARTS) is 2. The number of aliphatic hydroxyl groups is 1. The summed E-state index contributed by atoms with van der Waals surface area (Å²) in [5, 5.41) is 35.8. The Balaban J connectivity index is 3.42. The van der Waals surface area contributed by atoms with Crippen molar-refractivity contribution in [1.82, 2.24) is 16.0 Å². The van der Waals surface area contributed by atoms with Gasteiger partial charge in [-0.3, -0.25) is 19.7 Å². The minimum atomic E-state index is -1.20. The summed E-state index contributed by atoms with van der Waals surface area (Å²) < 4.78 is 10.9. The number of nitrogens with one attached hydrogen (secondary N) is 3. The number of rotatable bonds is 37. The summed E-state index contributed by atoms with van der Waals surface area (Å²) in [4.78, 5) is 56.7. The van der Waals surface area contributed by atoms with Gasteiger partial charge < -0.3 is 40.2 Å². The van der Waals surface area contributed by atoms with Crippen LogP contribution >= 0.6 is 0 Å². The van der Waals surface area contributed by atoms with Gasteiger partial charge in [0, 0.05) is 38.8 Å². The van der Waals surface area contributed by atoms with Crippen molar-refractivity contribution in [1.29, 1.82) is 0 Å². The van der Waals surface area contributed by atoms with E-state index in [0.29, 0.717) is 52.4 Å². The van der Waals surface area contributed by atoms with Crippen molar-refractivity contribution in [3.05, 3.63) is 0 Å². The van der Waals surface area contributed by atoms with E-state index in [1.165, 1.54) is 77.6 Å². The molecule has 13 heteroatoms. The van der Waals surface area contributed by atoms with Crippen LogP contribution in [-0.2, 0) is 33.4 Å². The molecule has 0 fully saturated rings. The molecule has 0 heterocycles. The van der Waals surface area contributed by atoms with E-state index in [2.05, 4.69) is 16.0 Å². The highest BCUT2D eigenvalue weighted by molar-refractivity contribution is 5.84. The number of ether oxygens (including phenoxy) is 2. The number of Topliss-reactive ketones (excluding diaryl/α,β-unsaturated/α-hetero) is 1. The zero-order valence-corrected chi connectivity index (χ0v) is 30.2. The molecule has 0 bridgehead atoms. The lowest BCUT2D eigenvalue weighted by atomic mass is 10.0. The first-order valence-corrected chi connectivity index (χ1v) is 18.7. The van der Waals surface area contributed by atoms with Crippen molar-refractivity contribution in [2.24, 2.45) is 0 Å². The number of unbranched alkanes of at least 4 members (excludes halogenated alkanes) is 15. The van der Waals surface area contributed by atoms with Crippen LogP contribution in [0.4, 0.5) is 0 Å². The number of aliphatic hydroxyl groups excluding tert-OH is 1. The predicted molar refractivity (Wildman–Crippen MR) is 188 cm³/mol. The van der Waals surface area contributed by atoms with E-state index >= 15 is 0 Å². The molecule has 2 amide bonds. The number of ketones is 1. The van der Waals surface area contributed by atoms with Gasteiger partial charge in [0.15, 0.2) is 0 Å². The predicted octanol–water partition coefficient (Wildman–Crippen LogP) is 4.87. The highest BCUT2D eigenvalue weighted by Crippen LogP contribution is 2.14. The molecular formula is C36H67N3O10. The number of carboxylic acids is 2. The highest BCUT2D eigenvalue weighted by Gasteiger charge is 2.20. The summed E-state index contributed by atoms with van der Waals surface area (Å²) in [7, 11) is 0. The molecule has 49 heavy (non-hydrogen) atoms. The Bertz CT molecular complexity index is 874. The Morgan fingerprint density at radius 3 is 1.49 bits per heavy atom. The fourth-order valence-electron chi connectivity index (χ4n) is 5.25. The molecule has 286 valence electrons. The van der Waals surface area contributed by atoms with Crippen LogP contribution in [0.15, 0.2) is 0 Å². The Morgan fingerprint density at radius 2 is 1.02 bits per heavy atom. The highest BCUT2D eigenvalue weighted by atomic mass is 16.5. The molecule has 0 aromatic heterocycles. The lowest BCUT2D eigenvalue weighted by Crippen LogP contribution is -2.41. The first-order valence-electron chi connectivity index (χ1n) is 18.7. The Labute approximate surface area is 294 Å². The van der Waals surface area contributed by atoms with Crippen molar-refractivity contribution in [2.45, 2.75) is 160 Å². The van der Waals surface area contributed by atoms with E-state index in [9.17, 15) is 29.1 Å². The van der Waals surface area contributed by atoms with Crippen LogP contribution in [0.5, 0.6) is 0 Å². The van der Waals surface area contributed by atoms with E-state index in [4.69, 9.17) is 19.7 Å². The SMILES string of the molecule is CC(=O)CC[C@H](NC(=O)CCC(O)NCCOCCOCCNC(=O)CCCCCCCCCCCCCCCCCCC(=O)O)C(=O)O. The van der Waals surface area contributed by atoms with Crippen molar-refractivity contribution in [3.63, 3.8) is 0 Å². The zero-order chi connectivity index (χ0) is 36.4. The molecular weight excluding hydrogens is 634 g/mol. The molecule has 1 unspecified atom stereocenters. The molecule has 0 rings (SSSR count). The van der Waals surface area contributed by atoms with Crippen LogP contribution in [0.1, 0.15) is 148 Å². The van der Waals surface area contributed by atoms with E-state index in [1.54, 1.807) is 0 Å². The normalized spacial score (nSPS) is 12.4. The topological polar surface area (TPSA) is 201 Å². The van der Waals surface area contributed by atoms with Gasteiger partial charge in [0.2, 0.25) is 11.8 Å². The molecule has 0 aliphatic rings. The second kappa shape index (κ2) is 33.9. The fourth-order valence-corrected chi connectivity index (χ4v) is 5.25. The summed E-state index contributed by atoms with van der Waals surface area (Å²) in [6.07, 6.45) is 19.0. The van der Waals surface area contributed by atoms with Gasteiger partial charge in [-0.05, 0) is 32.6 Å². The van der Waals surface area contributed by atoms with Crippen molar-refractivity contribution in [3.8, 4) is 0 Å². The molecule has 0 aliphatic heterocycles. The average molecular weight is 702 g/mol. The van der Waals surface area contributed by atoms with Gasteiger partial charge >= 0.3 is 11.9 Å². The van der Waals surface area contributed by atoms with Gasteiger partial charge in [-0.1, -0.05) is 89.9 Å². The molecule has 6 N–H and O–H groups in total. The largest absolute Gasteiger partial charge is 0.481 e. The minimum Gasteiger partial charge on any atom is -0.481 e. The summed E-state index contributed by atoms with van der Waals surface area (Å²) in [5.41, 5.74) is 0. The van der Waals surface area contributed by atoms with Crippen LogP contribution in [0, 0.1) is 0 Å². The quantitative estimate of drug-likeness (QED) is 0.0381. The van der Waals surface area contributed by atoms with Crippen LogP contribution < -0.4 is 16.0 Å². The van der Waals surface area contributed by atoms with Crippen molar-refractivity contribution < 1.29 is 48.8 Å². The molecule has 0 saturated carbocycles. The molecule has 0 aliphatic carbocycles. The maximum Gasteiger partial charge on any atom is 0.326 e. The molecule has 13 nitrogen and oxygen atoms in total. The van der Waals surface area contributed by atoms with Gasteiger partial charge in [-0.2, -0.15) is 0 Å². The van der Waals surface area contributed by atoms with Gasteiger partial charge in [0.25, 0.3) is 0 Å². The summed E-state index contributed by atoms with van der Waals surface area (Å²) in [6.45, 7) is 3.66. The summed E-state index contributed by atoms with van der Waals surface area (Å²) in [5.74, 6) is -2.50. The second-order valence-electron chi connectivity index (χ2n) is 12.8. The smallest absolute Gasteiger partial charge is 0.326 e. The first kappa shape index (κ1) is 46.4. The van der Waals surface area contributed by atoms with Gasteiger partial charge in [-0.25, -0.2) is 4.79 Å². The zero-order valence-electron chi connectivity index (χ0n) is 30.2. The number of carbonyl (C=O) groups is 5. The monoisotopic (exact) mass is 701 g/mol. The number of hydrogen-bond acceptors (Lipinski definition) is 9. The Hall–Kier alpha value is -2.61. The van der Waals surface area contributed by atoms with E-state index in [-0.39, 0.29) is 37.4 Å². The number of hydrogen-bond donors (Lipinski definition) is 6. The van der Waals surface area contributed by atoms with Crippen molar-refractivity contribution >= 4 is 29.5 Å². The maximum atomic E-state index is 12.0. The standard InChI is InChI=1S/C36H67N3O10/c1-30(40)20-21-31(36(46)47)39-34(43)23-22-33(42)38-25-27-49-29-28-48-26-24-37-32(41)18-16-14-12-10-8-6-4-2-3-5-7-9-11-13-15-17-19-35(44)45/h31,33,38,42H,2-29H2,1H3,(H,37,41)(H,39,43)(H,44,45)(H,46,47)/t31-,33?/m0/s1. The van der Waals surface area contributed by atoms with E-state index in [0.717, 1.165) is 32.1 Å². The lowest BCUT2D eigenvalue weighted by Gasteiger charge is -2.16. The van der Waals surface area contributed by atoms with Crippen LogP contribution in [0.2, 0.25) is 0 Å². The Morgan fingerprint density at radius 1 is 0.551 bits per heavy atom. The van der Waals surface area contributed by atoms with Crippen LogP contribution in [-0.4, -0.2) is 96.6 Å². The van der Waals surface area contributed by atoms with E-state index in [1.807, 2.05) is 0 Å². The third-order valence-electron chi connectivity index (χ3n) is 8.17.